The van der Waals surface area contributed by atoms with Crippen molar-refractivity contribution < 1.29 is 43.2 Å². The highest BCUT2D eigenvalue weighted by Crippen LogP contribution is 2.54. The predicted molar refractivity (Wildman–Crippen MR) is 334 cm³/mol. The molecule has 458 valence electrons. The number of nitrogens with one attached hydrogen (secondary N) is 4. The second-order valence-corrected chi connectivity index (χ2v) is 24.7. The summed E-state index contributed by atoms with van der Waals surface area (Å²) in [6.07, 6.45) is 12.2. The first kappa shape index (κ1) is 60.9. The minimum atomic E-state index is -0.512. The average Bonchev–Trinajstić information content (AvgIpc) is 2.17. The van der Waals surface area contributed by atoms with Crippen LogP contribution in [0, 0.1) is 25.6 Å². The minimum absolute atomic E-state index is 0.0132. The molecule has 5 aliphatic rings. The van der Waals surface area contributed by atoms with Crippen molar-refractivity contribution in [2.45, 2.75) is 115 Å². The van der Waals surface area contributed by atoms with Gasteiger partial charge in [0.15, 0.2) is 12.0 Å². The van der Waals surface area contributed by atoms with E-state index in [1.54, 1.807) is 28.4 Å². The number of aromatic nitrogens is 7. The lowest BCUT2D eigenvalue weighted by molar-refractivity contribution is -0.112. The topological polar surface area (TPSA) is 247 Å². The van der Waals surface area contributed by atoms with E-state index in [1.807, 2.05) is 89.8 Å². The number of nitrogens with zero attached hydrogens (tertiary/aromatic N) is 8. The summed E-state index contributed by atoms with van der Waals surface area (Å²) in [4.78, 5) is 55.0. The summed E-state index contributed by atoms with van der Waals surface area (Å²) in [5, 5.41) is 41.2. The van der Waals surface area contributed by atoms with E-state index in [9.17, 15) is 19.5 Å². The predicted octanol–water partition coefficient (Wildman–Crippen LogP) is 9.27. The number of rotatable bonds is 19. The number of aryl methyl sites for hydroxylation is 1. The number of thiazole rings is 1. The molecule has 8 aromatic rings. The van der Waals surface area contributed by atoms with Crippen LogP contribution in [0.2, 0.25) is 0 Å². The highest BCUT2D eigenvalue weighted by atomic mass is 32.1. The van der Waals surface area contributed by atoms with Crippen LogP contribution in [0.25, 0.3) is 54.5 Å². The highest BCUT2D eigenvalue weighted by molar-refractivity contribution is 7.13. The van der Waals surface area contributed by atoms with Gasteiger partial charge in [-0.15, -0.1) is 11.3 Å². The summed E-state index contributed by atoms with van der Waals surface area (Å²) in [6.45, 7) is 13.3. The Hall–Kier alpha value is -7.73. The number of likely N-dealkylation sites (tertiary alicyclic amines) is 1. The van der Waals surface area contributed by atoms with Gasteiger partial charge in [-0.25, -0.2) is 9.37 Å². The second kappa shape index (κ2) is 26.7. The van der Waals surface area contributed by atoms with Crippen molar-refractivity contribution in [3.05, 3.63) is 112 Å². The van der Waals surface area contributed by atoms with Gasteiger partial charge in [0, 0.05) is 103 Å². The summed E-state index contributed by atoms with van der Waals surface area (Å²) in [5.41, 5.74) is 12.4. The normalized spacial score (nSPS) is 18.2. The quantitative estimate of drug-likeness (QED) is 0.0413. The summed E-state index contributed by atoms with van der Waals surface area (Å²) in [5.74, 6) is 1.23. The molecule has 3 aliphatic heterocycles. The van der Waals surface area contributed by atoms with Crippen molar-refractivity contribution in [2.75, 3.05) is 76.9 Å². The SMILES string of the molecule is CN1CCC(O)C1.CNc1cc(COc2c(-c3c(C)c(F)cc4[nH]ncc34)c(C3CC3)cc3c(N4CCNC5(CC5)C4)nc(OC4CCOCC4)nc23)ccc1-c1cn(C(C=O)C(C)C)nc1C=O.Cc1ncsc1-c1ccc(C(CO)NC=O)cc1. The van der Waals surface area contributed by atoms with E-state index in [0.717, 1.165) is 162 Å². The Morgan fingerprint density at radius 1 is 0.966 bits per heavy atom. The van der Waals surface area contributed by atoms with E-state index in [2.05, 4.69) is 52.1 Å². The number of anilines is 2. The van der Waals surface area contributed by atoms with E-state index in [4.69, 9.17) is 29.3 Å². The molecule has 0 radical (unpaired) electrons. The summed E-state index contributed by atoms with van der Waals surface area (Å²) in [7, 11) is 3.85. The lowest BCUT2D eigenvalue weighted by Gasteiger charge is -2.36. The number of ether oxygens (including phenoxy) is 3. The van der Waals surface area contributed by atoms with Crippen LogP contribution in [0.1, 0.15) is 115 Å². The molecule has 13 rings (SSSR count). The Morgan fingerprint density at radius 3 is 2.39 bits per heavy atom. The fraction of sp³-hybridized carbons (Fsp3) is 0.446. The van der Waals surface area contributed by atoms with Crippen LogP contribution in [0.3, 0.4) is 0 Å². The van der Waals surface area contributed by atoms with Gasteiger partial charge < -0.3 is 55.0 Å². The Labute approximate surface area is 509 Å². The summed E-state index contributed by atoms with van der Waals surface area (Å²) >= 11 is 1.60. The standard InChI is InChI=1S/C47H52FN9O5.C13H14N2O2S.C5H11NO/c1-26(2)40(23-59)57-21-35(39(22-58)55-57)31-8-5-28(17-37(31)49-4)24-61-44-42(41-27(3)36(48)19-38-34(41)20-51-54-38)32(29-6-7-29)18-33-43(44)52-46(62-30-9-15-60-16-10-30)53-45(33)56-14-13-50-47(25-56)11-12-47;1-9-13(18-8-15-9)11-4-2-10(3-5-11)12(6-16)14-7-17;1-6-3-2-5(7)4-6/h5,8,17-23,26,29-30,40,49-50H,6-7,9-16,24-25H2,1-4H3,(H,51,54);2-5,7-8,12,16H,6H2,1H3,(H,14,17);5,7H,2-4H2,1H3. The number of halogens is 1. The first-order chi connectivity index (χ1) is 42.2. The number of carbonyl (C=O) groups excluding carboxylic acids is 3. The van der Waals surface area contributed by atoms with E-state index in [0.29, 0.717) is 47.5 Å². The average molecular weight is 1210 g/mol. The van der Waals surface area contributed by atoms with Crippen LogP contribution in [0.5, 0.6) is 11.8 Å². The largest absolute Gasteiger partial charge is 0.486 e. The first-order valence-electron chi connectivity index (χ1n) is 30.1. The molecular formula is C65H77FN12O8S. The molecule has 7 heterocycles. The number of carbonyl (C=O) groups is 3. The Kier molecular flexibility index (Phi) is 18.7. The van der Waals surface area contributed by atoms with E-state index in [-0.39, 0.29) is 66.4 Å². The molecule has 1 spiro atoms. The van der Waals surface area contributed by atoms with Crippen molar-refractivity contribution in [3.63, 3.8) is 0 Å². The Balaban J connectivity index is 0.000000259. The van der Waals surface area contributed by atoms with Gasteiger partial charge in [0.05, 0.1) is 59.8 Å². The number of hydrogen-bond acceptors (Lipinski definition) is 18. The van der Waals surface area contributed by atoms with Crippen LogP contribution in [0.15, 0.2) is 72.5 Å². The molecule has 2 aliphatic carbocycles. The number of aliphatic hydroxyl groups excluding tert-OH is 2. The fourth-order valence-corrected chi connectivity index (χ4v) is 12.8. The Bertz CT molecular complexity index is 3740. The lowest BCUT2D eigenvalue weighted by atomic mass is 9.88. The molecule has 3 atom stereocenters. The molecule has 3 unspecified atom stereocenters. The fourth-order valence-electron chi connectivity index (χ4n) is 12.0. The summed E-state index contributed by atoms with van der Waals surface area (Å²) < 4.78 is 37.0. The molecule has 20 nitrogen and oxygen atoms in total. The van der Waals surface area contributed by atoms with Crippen LogP contribution < -0.4 is 30.3 Å². The highest BCUT2D eigenvalue weighted by Gasteiger charge is 2.46. The van der Waals surface area contributed by atoms with Gasteiger partial charge in [-0.1, -0.05) is 50.2 Å². The maximum absolute atomic E-state index is 16.0. The van der Waals surface area contributed by atoms with Gasteiger partial charge in [0.1, 0.15) is 47.9 Å². The third-order valence-corrected chi connectivity index (χ3v) is 18.3. The van der Waals surface area contributed by atoms with Crippen molar-refractivity contribution in [1.29, 1.82) is 0 Å². The zero-order chi connectivity index (χ0) is 60.9. The number of aldehydes is 2. The maximum atomic E-state index is 16.0. The van der Waals surface area contributed by atoms with Crippen LogP contribution >= 0.6 is 11.3 Å². The van der Waals surface area contributed by atoms with Gasteiger partial charge in [-0.2, -0.15) is 20.2 Å². The van der Waals surface area contributed by atoms with Crippen molar-refractivity contribution in [2.24, 2.45) is 5.92 Å². The minimum Gasteiger partial charge on any atom is -0.486 e. The lowest BCUT2D eigenvalue weighted by Crippen LogP contribution is -2.52. The third-order valence-electron chi connectivity index (χ3n) is 17.3. The number of piperazine rings is 1. The molecule has 1 amide bonds. The number of amides is 1. The van der Waals surface area contributed by atoms with Crippen molar-refractivity contribution >= 4 is 63.6 Å². The van der Waals surface area contributed by atoms with Gasteiger partial charge in [-0.3, -0.25) is 19.4 Å². The molecule has 0 bridgehead atoms. The molecule has 87 heavy (non-hydrogen) atoms. The van der Waals surface area contributed by atoms with E-state index in [1.165, 1.54) is 6.07 Å². The first-order valence-corrected chi connectivity index (χ1v) is 31.0. The zero-order valence-corrected chi connectivity index (χ0v) is 51.0. The number of β-amino-alcohol motifs (C(OH)–C–C–N with tert-alkyl or cyclic N) is 1. The molecule has 4 aromatic heterocycles. The van der Waals surface area contributed by atoms with Gasteiger partial charge in [0.2, 0.25) is 6.41 Å². The monoisotopic (exact) mass is 1200 g/mol. The number of aromatic amines is 1. The zero-order valence-electron chi connectivity index (χ0n) is 50.1. The van der Waals surface area contributed by atoms with Crippen LogP contribution in [0.4, 0.5) is 15.9 Å². The van der Waals surface area contributed by atoms with E-state index < -0.39 is 6.04 Å². The molecule has 5 fully saturated rings. The molecule has 6 N–H and O–H groups in total. The van der Waals surface area contributed by atoms with Gasteiger partial charge >= 0.3 is 6.01 Å². The smallest absolute Gasteiger partial charge is 0.319 e. The van der Waals surface area contributed by atoms with E-state index >= 15 is 4.39 Å². The molecule has 2 saturated carbocycles. The van der Waals surface area contributed by atoms with Crippen LogP contribution in [-0.2, 0) is 20.9 Å². The van der Waals surface area contributed by atoms with Crippen LogP contribution in [-0.4, -0.2) is 153 Å². The van der Waals surface area contributed by atoms with Gasteiger partial charge in [-0.05, 0) is 111 Å². The number of benzene rings is 4. The van der Waals surface area contributed by atoms with Crippen molar-refractivity contribution in [3.8, 4) is 44.5 Å². The number of hydrogen-bond donors (Lipinski definition) is 6. The number of likely N-dealkylation sites (N-methyl/N-ethyl adjacent to an activating group) is 1. The molecule has 3 saturated heterocycles. The third kappa shape index (κ3) is 13.4. The summed E-state index contributed by atoms with van der Waals surface area (Å²) in [6, 6.07) is 16.8. The second-order valence-electron chi connectivity index (χ2n) is 23.8. The maximum Gasteiger partial charge on any atom is 0.319 e. The molecule has 4 aromatic carbocycles. The van der Waals surface area contributed by atoms with Gasteiger partial charge in [0.25, 0.3) is 0 Å². The molecule has 22 heteroatoms. The Morgan fingerprint density at radius 2 is 1.76 bits per heavy atom. The molecular weight excluding hydrogens is 1130 g/mol. The van der Waals surface area contributed by atoms with Crippen molar-refractivity contribution in [1.82, 2.24) is 50.5 Å². The number of H-pyrrole nitrogens is 1. The number of aliphatic hydroxyl groups is 2. The number of fused-ring (bicyclic) bond motifs is 2.